The number of nitriles is 1. The highest BCUT2D eigenvalue weighted by atomic mass is 32.1. The number of benzene rings is 1. The lowest BCUT2D eigenvalue weighted by atomic mass is 10.1. The summed E-state index contributed by atoms with van der Waals surface area (Å²) in [5.41, 5.74) is 0.564. The minimum atomic E-state index is -0.517. The van der Waals surface area contributed by atoms with Crippen molar-refractivity contribution in [2.45, 2.75) is 6.54 Å². The van der Waals surface area contributed by atoms with Gasteiger partial charge < -0.3 is 5.32 Å². The van der Waals surface area contributed by atoms with Gasteiger partial charge >= 0.3 is 0 Å². The summed E-state index contributed by atoms with van der Waals surface area (Å²) in [6.07, 6.45) is 1.34. The minimum Gasteiger partial charge on any atom is -0.347 e. The van der Waals surface area contributed by atoms with Crippen molar-refractivity contribution in [3.63, 3.8) is 0 Å². The molecule has 0 bridgehead atoms. The fraction of sp³-hybridized carbons (Fsp3) is 0.0909. The first kappa shape index (κ1) is 12.1. The fourth-order valence-corrected chi connectivity index (χ4v) is 1.72. The molecule has 0 aliphatic carbocycles. The molecular weight excluding hydrogens is 255 g/mol. The van der Waals surface area contributed by atoms with Crippen LogP contribution in [0.15, 0.2) is 24.4 Å². The number of halogens is 1. The third-order valence-corrected chi connectivity index (χ3v) is 2.87. The van der Waals surface area contributed by atoms with Crippen LogP contribution in [0.2, 0.25) is 0 Å². The molecule has 1 aromatic carbocycles. The first-order valence-electron chi connectivity index (χ1n) is 4.95. The smallest absolute Gasteiger partial charge is 0.264 e. The molecule has 2 rings (SSSR count). The van der Waals surface area contributed by atoms with Gasteiger partial charge in [-0.15, -0.1) is 5.10 Å². The summed E-state index contributed by atoms with van der Waals surface area (Å²) in [6.45, 7) is 0.0499. The lowest BCUT2D eigenvalue weighted by Gasteiger charge is -2.04. The molecule has 0 fully saturated rings. The normalized spacial score (nSPS) is 9.78. The maximum Gasteiger partial charge on any atom is 0.264 e. The van der Waals surface area contributed by atoms with Crippen LogP contribution in [-0.2, 0) is 6.54 Å². The molecule has 0 saturated carbocycles. The van der Waals surface area contributed by atoms with Gasteiger partial charge in [-0.2, -0.15) is 5.26 Å². The van der Waals surface area contributed by atoms with Crippen molar-refractivity contribution in [1.29, 1.82) is 5.26 Å². The molecule has 1 N–H and O–H groups in total. The van der Waals surface area contributed by atoms with E-state index >= 15 is 0 Å². The highest BCUT2D eigenvalue weighted by Crippen LogP contribution is 2.10. The molecule has 0 saturated heterocycles. The van der Waals surface area contributed by atoms with E-state index in [4.69, 9.17) is 5.26 Å². The Morgan fingerprint density at radius 1 is 1.56 bits per heavy atom. The molecule has 5 nitrogen and oxygen atoms in total. The summed E-state index contributed by atoms with van der Waals surface area (Å²) in [6, 6.07) is 5.94. The van der Waals surface area contributed by atoms with Crippen LogP contribution in [0.3, 0.4) is 0 Å². The van der Waals surface area contributed by atoms with E-state index in [1.54, 1.807) is 0 Å². The summed E-state index contributed by atoms with van der Waals surface area (Å²) in [5.74, 6) is -0.870. The fourth-order valence-electron chi connectivity index (χ4n) is 1.29. The quantitative estimate of drug-likeness (QED) is 0.908. The van der Waals surface area contributed by atoms with Gasteiger partial charge in [0.05, 0.1) is 17.8 Å². The molecule has 0 atom stereocenters. The summed E-state index contributed by atoms with van der Waals surface area (Å²) >= 11 is 0.966. The molecular formula is C11H7FN4OS. The molecule has 1 heterocycles. The molecule has 7 heteroatoms. The Bertz CT molecular complexity index is 606. The van der Waals surface area contributed by atoms with E-state index in [1.807, 2.05) is 6.07 Å². The van der Waals surface area contributed by atoms with E-state index in [0.717, 1.165) is 17.6 Å². The number of hydrogen-bond donors (Lipinski definition) is 1. The third-order valence-electron chi connectivity index (χ3n) is 2.21. The Balaban J connectivity index is 2.03. The number of rotatable bonds is 3. The third kappa shape index (κ3) is 2.67. The molecule has 0 aliphatic rings. The lowest BCUT2D eigenvalue weighted by Crippen LogP contribution is -2.22. The molecule has 0 radical (unpaired) electrons. The second-order valence-corrected chi connectivity index (χ2v) is 4.17. The molecule has 0 unspecified atom stereocenters. The molecule has 0 aliphatic heterocycles. The van der Waals surface area contributed by atoms with E-state index < -0.39 is 5.82 Å². The van der Waals surface area contributed by atoms with E-state index in [9.17, 15) is 9.18 Å². The van der Waals surface area contributed by atoms with Gasteiger partial charge in [-0.3, -0.25) is 4.79 Å². The van der Waals surface area contributed by atoms with Crippen molar-refractivity contribution >= 4 is 17.4 Å². The Labute approximate surface area is 106 Å². The van der Waals surface area contributed by atoms with Gasteiger partial charge in [0, 0.05) is 12.1 Å². The van der Waals surface area contributed by atoms with Crippen molar-refractivity contribution in [3.8, 4) is 6.07 Å². The van der Waals surface area contributed by atoms with Gasteiger partial charge in [-0.1, -0.05) is 10.6 Å². The van der Waals surface area contributed by atoms with Gasteiger partial charge in [0.2, 0.25) is 0 Å². The predicted octanol–water partition coefficient (Wildman–Crippen LogP) is 1.48. The van der Waals surface area contributed by atoms with Gasteiger partial charge in [0.15, 0.2) is 0 Å². The monoisotopic (exact) mass is 262 g/mol. The van der Waals surface area contributed by atoms with Crippen LogP contribution in [0.25, 0.3) is 0 Å². The second kappa shape index (κ2) is 5.33. The minimum absolute atomic E-state index is 0.0499. The topological polar surface area (TPSA) is 78.7 Å². The van der Waals surface area contributed by atoms with E-state index in [-0.39, 0.29) is 18.0 Å². The maximum absolute atomic E-state index is 13.5. The molecule has 1 aromatic heterocycles. The molecule has 2 aromatic rings. The maximum atomic E-state index is 13.5. The van der Waals surface area contributed by atoms with Gasteiger partial charge in [-0.25, -0.2) is 4.39 Å². The number of carbonyl (C=O) groups excluding carboxylic acids is 1. The van der Waals surface area contributed by atoms with Crippen LogP contribution in [0.5, 0.6) is 0 Å². The van der Waals surface area contributed by atoms with Crippen LogP contribution >= 0.6 is 11.5 Å². The number of hydrogen-bond acceptors (Lipinski definition) is 5. The Hall–Kier alpha value is -2.33. The highest BCUT2D eigenvalue weighted by molar-refractivity contribution is 7.07. The number of carbonyl (C=O) groups is 1. The average molecular weight is 262 g/mol. The summed E-state index contributed by atoms with van der Waals surface area (Å²) in [7, 11) is 0. The van der Waals surface area contributed by atoms with Crippen LogP contribution in [0.4, 0.5) is 4.39 Å². The predicted molar refractivity (Wildman–Crippen MR) is 62.2 cm³/mol. The zero-order valence-corrected chi connectivity index (χ0v) is 9.87. The summed E-state index contributed by atoms with van der Waals surface area (Å²) < 4.78 is 17.1. The zero-order chi connectivity index (χ0) is 13.0. The molecule has 18 heavy (non-hydrogen) atoms. The average Bonchev–Trinajstić information content (AvgIpc) is 2.90. The second-order valence-electron chi connectivity index (χ2n) is 3.38. The Morgan fingerprint density at radius 2 is 2.39 bits per heavy atom. The Morgan fingerprint density at radius 3 is 3.00 bits per heavy atom. The van der Waals surface area contributed by atoms with Crippen LogP contribution in [-0.4, -0.2) is 15.5 Å². The Kier molecular flexibility index (Phi) is 3.60. The lowest BCUT2D eigenvalue weighted by molar-refractivity contribution is 0.0954. The number of amides is 1. The number of aromatic nitrogens is 2. The molecule has 1 amide bonds. The van der Waals surface area contributed by atoms with Crippen molar-refractivity contribution < 1.29 is 9.18 Å². The summed E-state index contributed by atoms with van der Waals surface area (Å²) in [5, 5.41) is 14.7. The largest absolute Gasteiger partial charge is 0.347 e. The van der Waals surface area contributed by atoms with Crippen LogP contribution in [0, 0.1) is 17.1 Å². The number of nitrogens with one attached hydrogen (secondary N) is 1. The molecule has 0 spiro atoms. The van der Waals surface area contributed by atoms with E-state index in [1.165, 1.54) is 18.3 Å². The highest BCUT2D eigenvalue weighted by Gasteiger charge is 2.09. The zero-order valence-electron chi connectivity index (χ0n) is 9.05. The first-order valence-corrected chi connectivity index (χ1v) is 5.72. The van der Waals surface area contributed by atoms with Crippen molar-refractivity contribution in [2.24, 2.45) is 0 Å². The van der Waals surface area contributed by atoms with Crippen molar-refractivity contribution in [3.05, 3.63) is 46.2 Å². The number of nitrogens with zero attached hydrogens (tertiary/aromatic N) is 3. The van der Waals surface area contributed by atoms with E-state index in [0.29, 0.717) is 10.4 Å². The summed E-state index contributed by atoms with van der Waals surface area (Å²) in [4.78, 5) is 11.9. The van der Waals surface area contributed by atoms with Gasteiger partial charge in [0.1, 0.15) is 10.7 Å². The van der Waals surface area contributed by atoms with Crippen LogP contribution < -0.4 is 5.32 Å². The molecule has 90 valence electrons. The van der Waals surface area contributed by atoms with E-state index in [2.05, 4.69) is 14.9 Å². The van der Waals surface area contributed by atoms with Gasteiger partial charge in [0.25, 0.3) is 5.91 Å². The first-order chi connectivity index (χ1) is 8.70. The SMILES string of the molecule is N#Cc1ccc(CNC(=O)c2cnns2)c(F)c1. The standard InChI is InChI=1S/C11H7FN4OS/c12-9-3-7(4-13)1-2-8(9)5-14-11(17)10-6-15-16-18-10/h1-3,6H,5H2,(H,14,17). The van der Waals surface area contributed by atoms with Crippen molar-refractivity contribution in [2.75, 3.05) is 0 Å². The van der Waals surface area contributed by atoms with Crippen LogP contribution in [0.1, 0.15) is 20.8 Å². The van der Waals surface area contributed by atoms with Gasteiger partial charge in [-0.05, 0) is 23.7 Å². The van der Waals surface area contributed by atoms with Crippen molar-refractivity contribution in [1.82, 2.24) is 14.9 Å².